The summed E-state index contributed by atoms with van der Waals surface area (Å²) in [4.78, 5) is 0. The maximum absolute atomic E-state index is 6.27. The molecule has 0 saturated heterocycles. The zero-order valence-electron chi connectivity index (χ0n) is 9.55. The van der Waals surface area contributed by atoms with Crippen molar-refractivity contribution in [3.63, 3.8) is 0 Å². The van der Waals surface area contributed by atoms with E-state index in [4.69, 9.17) is 26.8 Å². The standard InChI is InChI=1S/C12H16ClNO2/c1-7(6-14)9-5-8-3-4-16-11(8)10(13)12(9)15-2/h5,7H,3-4,6,14H2,1-2H3. The topological polar surface area (TPSA) is 44.5 Å². The highest BCUT2D eigenvalue weighted by Gasteiger charge is 2.24. The van der Waals surface area contributed by atoms with Gasteiger partial charge in [0, 0.05) is 12.0 Å². The Hall–Kier alpha value is -0.930. The number of benzene rings is 1. The Morgan fingerprint density at radius 2 is 2.38 bits per heavy atom. The van der Waals surface area contributed by atoms with Gasteiger partial charge in [-0.25, -0.2) is 0 Å². The third kappa shape index (κ3) is 1.74. The SMILES string of the molecule is COc1c(C(C)CN)cc2c(c1Cl)OCC2. The molecule has 0 fully saturated rings. The van der Waals surface area contributed by atoms with Gasteiger partial charge in [-0.15, -0.1) is 0 Å². The van der Waals surface area contributed by atoms with Gasteiger partial charge in [-0.2, -0.15) is 0 Å². The minimum absolute atomic E-state index is 0.235. The molecule has 2 rings (SSSR count). The van der Waals surface area contributed by atoms with E-state index in [9.17, 15) is 0 Å². The Balaban J connectivity index is 2.56. The van der Waals surface area contributed by atoms with E-state index in [1.54, 1.807) is 7.11 Å². The average molecular weight is 242 g/mol. The largest absolute Gasteiger partial charge is 0.495 e. The first-order valence-corrected chi connectivity index (χ1v) is 5.79. The zero-order valence-corrected chi connectivity index (χ0v) is 10.3. The van der Waals surface area contributed by atoms with Gasteiger partial charge in [-0.3, -0.25) is 0 Å². The molecule has 1 aliphatic heterocycles. The molecule has 1 aromatic carbocycles. The quantitative estimate of drug-likeness (QED) is 0.884. The molecule has 1 aromatic rings. The fourth-order valence-corrected chi connectivity index (χ4v) is 2.36. The predicted molar refractivity (Wildman–Crippen MR) is 64.7 cm³/mol. The molecule has 1 unspecified atom stereocenters. The van der Waals surface area contributed by atoms with Gasteiger partial charge in [0.05, 0.1) is 13.7 Å². The molecule has 16 heavy (non-hydrogen) atoms. The average Bonchev–Trinajstić information content (AvgIpc) is 2.76. The van der Waals surface area contributed by atoms with E-state index in [2.05, 4.69) is 13.0 Å². The van der Waals surface area contributed by atoms with Crippen molar-refractivity contribution in [2.75, 3.05) is 20.3 Å². The molecule has 2 N–H and O–H groups in total. The van der Waals surface area contributed by atoms with Crippen molar-refractivity contribution in [1.82, 2.24) is 0 Å². The van der Waals surface area contributed by atoms with Crippen molar-refractivity contribution < 1.29 is 9.47 Å². The highest BCUT2D eigenvalue weighted by Crippen LogP contribution is 2.44. The van der Waals surface area contributed by atoms with Crippen LogP contribution in [-0.2, 0) is 6.42 Å². The summed E-state index contributed by atoms with van der Waals surface area (Å²) in [6.45, 7) is 3.33. The van der Waals surface area contributed by atoms with E-state index < -0.39 is 0 Å². The van der Waals surface area contributed by atoms with Gasteiger partial charge in [0.25, 0.3) is 0 Å². The zero-order chi connectivity index (χ0) is 11.7. The minimum atomic E-state index is 0.235. The fourth-order valence-electron chi connectivity index (χ4n) is 1.99. The smallest absolute Gasteiger partial charge is 0.145 e. The number of hydrogen-bond acceptors (Lipinski definition) is 3. The molecule has 3 nitrogen and oxygen atoms in total. The lowest BCUT2D eigenvalue weighted by Crippen LogP contribution is -2.10. The van der Waals surface area contributed by atoms with Crippen molar-refractivity contribution in [2.45, 2.75) is 19.3 Å². The summed E-state index contributed by atoms with van der Waals surface area (Å²) in [5, 5.41) is 0.577. The van der Waals surface area contributed by atoms with Crippen LogP contribution in [0.5, 0.6) is 11.5 Å². The number of methoxy groups -OCH3 is 1. The normalized spacial score (nSPS) is 15.5. The van der Waals surface area contributed by atoms with Crippen LogP contribution in [0.3, 0.4) is 0 Å². The van der Waals surface area contributed by atoms with Crippen LogP contribution < -0.4 is 15.2 Å². The number of nitrogens with two attached hydrogens (primary N) is 1. The fraction of sp³-hybridized carbons (Fsp3) is 0.500. The molecular weight excluding hydrogens is 226 g/mol. The van der Waals surface area contributed by atoms with E-state index >= 15 is 0 Å². The van der Waals surface area contributed by atoms with E-state index in [1.165, 1.54) is 0 Å². The Kier molecular flexibility index (Phi) is 3.26. The lowest BCUT2D eigenvalue weighted by molar-refractivity contribution is 0.352. The lowest BCUT2D eigenvalue weighted by Gasteiger charge is -2.17. The maximum atomic E-state index is 6.27. The van der Waals surface area contributed by atoms with Crippen LogP contribution in [0, 0.1) is 0 Å². The monoisotopic (exact) mass is 241 g/mol. The molecule has 0 bridgehead atoms. The van der Waals surface area contributed by atoms with Crippen molar-refractivity contribution in [1.29, 1.82) is 0 Å². The molecule has 1 aliphatic rings. The van der Waals surface area contributed by atoms with Crippen LogP contribution >= 0.6 is 11.6 Å². The van der Waals surface area contributed by atoms with Crippen LogP contribution in [0.1, 0.15) is 24.0 Å². The van der Waals surface area contributed by atoms with Gasteiger partial charge >= 0.3 is 0 Å². The molecular formula is C12H16ClNO2. The number of fused-ring (bicyclic) bond motifs is 1. The summed E-state index contributed by atoms with van der Waals surface area (Å²) in [6, 6.07) is 2.10. The first-order chi connectivity index (χ1) is 7.69. The Bertz CT molecular complexity index is 406. The molecule has 1 heterocycles. The molecule has 0 saturated carbocycles. The van der Waals surface area contributed by atoms with E-state index in [0.29, 0.717) is 23.9 Å². The van der Waals surface area contributed by atoms with Crippen molar-refractivity contribution in [3.05, 3.63) is 22.2 Å². The number of ether oxygens (including phenoxy) is 2. The predicted octanol–water partition coefficient (Wildman–Crippen LogP) is 2.35. The molecule has 1 atom stereocenters. The summed E-state index contributed by atoms with van der Waals surface area (Å²) in [5.41, 5.74) is 7.92. The summed E-state index contributed by atoms with van der Waals surface area (Å²) < 4.78 is 10.9. The van der Waals surface area contributed by atoms with Gasteiger partial charge in [-0.1, -0.05) is 18.5 Å². The molecule has 0 spiro atoms. The second-order valence-electron chi connectivity index (χ2n) is 4.04. The van der Waals surface area contributed by atoms with Crippen molar-refractivity contribution in [2.24, 2.45) is 5.73 Å². The highest BCUT2D eigenvalue weighted by atomic mass is 35.5. The summed E-state index contributed by atoms with van der Waals surface area (Å²) >= 11 is 6.27. The Morgan fingerprint density at radius 1 is 1.62 bits per heavy atom. The van der Waals surface area contributed by atoms with Crippen LogP contribution in [-0.4, -0.2) is 20.3 Å². The second kappa shape index (κ2) is 4.52. The maximum Gasteiger partial charge on any atom is 0.145 e. The van der Waals surface area contributed by atoms with Gasteiger partial charge in [0.2, 0.25) is 0 Å². The Morgan fingerprint density at radius 3 is 3.00 bits per heavy atom. The number of hydrogen-bond donors (Lipinski definition) is 1. The van der Waals surface area contributed by atoms with E-state index in [1.807, 2.05) is 0 Å². The minimum Gasteiger partial charge on any atom is -0.495 e. The van der Waals surface area contributed by atoms with Crippen LogP contribution in [0.4, 0.5) is 0 Å². The van der Waals surface area contributed by atoms with Gasteiger partial charge in [0.1, 0.15) is 16.5 Å². The summed E-state index contributed by atoms with van der Waals surface area (Å²) in [5.74, 6) is 1.70. The third-order valence-electron chi connectivity index (χ3n) is 2.99. The highest BCUT2D eigenvalue weighted by molar-refractivity contribution is 6.33. The molecule has 0 amide bonds. The second-order valence-corrected chi connectivity index (χ2v) is 4.41. The molecule has 4 heteroatoms. The number of rotatable bonds is 3. The lowest BCUT2D eigenvalue weighted by atomic mass is 9.97. The molecule has 0 radical (unpaired) electrons. The van der Waals surface area contributed by atoms with Gasteiger partial charge in [0.15, 0.2) is 0 Å². The van der Waals surface area contributed by atoms with E-state index in [-0.39, 0.29) is 5.92 Å². The third-order valence-corrected chi connectivity index (χ3v) is 3.33. The van der Waals surface area contributed by atoms with E-state index in [0.717, 1.165) is 23.3 Å². The van der Waals surface area contributed by atoms with Crippen molar-refractivity contribution in [3.8, 4) is 11.5 Å². The van der Waals surface area contributed by atoms with Crippen LogP contribution in [0.15, 0.2) is 6.07 Å². The first kappa shape index (κ1) is 11.6. The van der Waals surface area contributed by atoms with Crippen molar-refractivity contribution >= 4 is 11.6 Å². The van der Waals surface area contributed by atoms with Crippen LogP contribution in [0.2, 0.25) is 5.02 Å². The Labute approximate surface area is 100 Å². The first-order valence-electron chi connectivity index (χ1n) is 5.41. The van der Waals surface area contributed by atoms with Crippen LogP contribution in [0.25, 0.3) is 0 Å². The van der Waals surface area contributed by atoms with Gasteiger partial charge < -0.3 is 15.2 Å². The molecule has 0 aliphatic carbocycles. The van der Waals surface area contributed by atoms with Gasteiger partial charge in [-0.05, 0) is 24.1 Å². The molecule has 88 valence electrons. The molecule has 0 aromatic heterocycles. The summed E-state index contributed by atoms with van der Waals surface area (Å²) in [6.07, 6.45) is 0.906. The summed E-state index contributed by atoms with van der Waals surface area (Å²) in [7, 11) is 1.62. The number of halogens is 1.